The minimum absolute atomic E-state index is 0.447. The maximum Gasteiger partial charge on any atom is 0.0933 e. The summed E-state index contributed by atoms with van der Waals surface area (Å²) in [7, 11) is 0. The van der Waals surface area contributed by atoms with Crippen LogP contribution in [0.3, 0.4) is 0 Å². The van der Waals surface area contributed by atoms with Crippen LogP contribution in [0.5, 0.6) is 0 Å². The van der Waals surface area contributed by atoms with Crippen molar-refractivity contribution in [3.05, 3.63) is 54.6 Å². The van der Waals surface area contributed by atoms with E-state index in [0.717, 1.165) is 19.4 Å². The Morgan fingerprint density at radius 1 is 1.29 bits per heavy atom. The summed E-state index contributed by atoms with van der Waals surface area (Å²) in [6.45, 7) is 2.05. The zero-order chi connectivity index (χ0) is 12.4. The fourth-order valence-corrected chi connectivity index (χ4v) is 4.06. The van der Waals surface area contributed by atoms with Crippen LogP contribution in [-0.2, 0) is 6.42 Å². The van der Waals surface area contributed by atoms with E-state index in [0.29, 0.717) is 6.42 Å². The number of hydrogen-bond donors (Lipinski definition) is 1. The first kappa shape index (κ1) is 13.3. The van der Waals surface area contributed by atoms with Gasteiger partial charge in [-0.15, -0.1) is 11.3 Å². The second kappa shape index (κ2) is 5.65. The maximum atomic E-state index is 10.2. The summed E-state index contributed by atoms with van der Waals surface area (Å²) in [6, 6.07) is 10.1. The number of aryl methyl sites for hydroxylation is 1. The maximum absolute atomic E-state index is 10.2. The SMILES string of the molecule is Cc1cc(Br)c(C(O)Cc2cccc(Br)c2)s1. The average molecular weight is 376 g/mol. The molecule has 1 heterocycles. The molecule has 2 aromatic rings. The summed E-state index contributed by atoms with van der Waals surface area (Å²) in [5.74, 6) is 0. The third-order valence-corrected chi connectivity index (χ3v) is 5.02. The molecule has 2 rings (SSSR count). The van der Waals surface area contributed by atoms with Crippen LogP contribution in [0.4, 0.5) is 0 Å². The molecular formula is C13H12Br2OS. The first-order valence-corrected chi connectivity index (χ1v) is 7.65. The fraction of sp³-hybridized carbons (Fsp3) is 0.231. The van der Waals surface area contributed by atoms with Crippen molar-refractivity contribution in [2.75, 3.05) is 0 Å². The fourth-order valence-electron chi connectivity index (χ4n) is 1.71. The molecule has 0 amide bonds. The van der Waals surface area contributed by atoms with E-state index < -0.39 is 6.10 Å². The van der Waals surface area contributed by atoms with Crippen molar-refractivity contribution in [1.82, 2.24) is 0 Å². The Bertz CT molecular complexity index is 522. The van der Waals surface area contributed by atoms with Gasteiger partial charge in [-0.25, -0.2) is 0 Å². The molecule has 1 unspecified atom stereocenters. The zero-order valence-electron chi connectivity index (χ0n) is 9.28. The Balaban J connectivity index is 2.16. The molecule has 0 aliphatic carbocycles. The normalized spacial score (nSPS) is 12.7. The van der Waals surface area contributed by atoms with Crippen molar-refractivity contribution >= 4 is 43.2 Å². The van der Waals surface area contributed by atoms with Crippen molar-refractivity contribution in [2.24, 2.45) is 0 Å². The van der Waals surface area contributed by atoms with Crippen LogP contribution in [0.2, 0.25) is 0 Å². The van der Waals surface area contributed by atoms with E-state index in [-0.39, 0.29) is 0 Å². The smallest absolute Gasteiger partial charge is 0.0933 e. The minimum Gasteiger partial charge on any atom is -0.387 e. The lowest BCUT2D eigenvalue weighted by Gasteiger charge is -2.09. The van der Waals surface area contributed by atoms with Crippen LogP contribution in [0.15, 0.2) is 39.3 Å². The van der Waals surface area contributed by atoms with E-state index in [2.05, 4.69) is 31.9 Å². The summed E-state index contributed by atoms with van der Waals surface area (Å²) in [5, 5.41) is 10.2. The van der Waals surface area contributed by atoms with E-state index >= 15 is 0 Å². The van der Waals surface area contributed by atoms with Crippen LogP contribution in [-0.4, -0.2) is 5.11 Å². The predicted molar refractivity (Wildman–Crippen MR) is 79.6 cm³/mol. The number of rotatable bonds is 3. The van der Waals surface area contributed by atoms with Gasteiger partial charge < -0.3 is 5.11 Å². The molecular weight excluding hydrogens is 364 g/mol. The second-order valence-electron chi connectivity index (χ2n) is 3.92. The first-order chi connectivity index (χ1) is 8.06. The van der Waals surface area contributed by atoms with Crippen LogP contribution < -0.4 is 0 Å². The largest absolute Gasteiger partial charge is 0.387 e. The number of aliphatic hydroxyl groups is 1. The summed E-state index contributed by atoms with van der Waals surface area (Å²) >= 11 is 8.56. The molecule has 0 radical (unpaired) electrons. The molecule has 0 spiro atoms. The Morgan fingerprint density at radius 3 is 2.65 bits per heavy atom. The molecule has 1 atom stereocenters. The number of thiophene rings is 1. The molecule has 1 nitrogen and oxygen atoms in total. The molecule has 1 aromatic heterocycles. The number of halogens is 2. The average Bonchev–Trinajstić information content (AvgIpc) is 2.58. The Hall–Kier alpha value is -0.160. The number of benzene rings is 1. The molecule has 0 bridgehead atoms. The van der Waals surface area contributed by atoms with Gasteiger partial charge in [0, 0.05) is 25.1 Å². The number of hydrogen-bond acceptors (Lipinski definition) is 2. The highest BCUT2D eigenvalue weighted by Crippen LogP contribution is 2.33. The lowest BCUT2D eigenvalue weighted by atomic mass is 10.1. The van der Waals surface area contributed by atoms with Crippen molar-refractivity contribution < 1.29 is 5.11 Å². The third-order valence-electron chi connectivity index (χ3n) is 2.46. The summed E-state index contributed by atoms with van der Waals surface area (Å²) in [4.78, 5) is 2.21. The first-order valence-electron chi connectivity index (χ1n) is 5.24. The Morgan fingerprint density at radius 2 is 2.06 bits per heavy atom. The van der Waals surface area contributed by atoms with Gasteiger partial charge in [-0.1, -0.05) is 28.1 Å². The zero-order valence-corrected chi connectivity index (χ0v) is 13.3. The van der Waals surface area contributed by atoms with Crippen LogP contribution in [0, 0.1) is 6.92 Å². The van der Waals surface area contributed by atoms with E-state index in [1.807, 2.05) is 37.3 Å². The van der Waals surface area contributed by atoms with Crippen molar-refractivity contribution in [2.45, 2.75) is 19.4 Å². The highest BCUT2D eigenvalue weighted by atomic mass is 79.9. The van der Waals surface area contributed by atoms with Crippen molar-refractivity contribution in [3.63, 3.8) is 0 Å². The van der Waals surface area contributed by atoms with Crippen molar-refractivity contribution in [3.8, 4) is 0 Å². The molecule has 90 valence electrons. The third kappa shape index (κ3) is 3.41. The summed E-state index contributed by atoms with van der Waals surface area (Å²) in [5.41, 5.74) is 1.13. The lowest BCUT2D eigenvalue weighted by molar-refractivity contribution is 0.181. The molecule has 0 saturated heterocycles. The van der Waals surface area contributed by atoms with Crippen LogP contribution in [0.25, 0.3) is 0 Å². The van der Waals surface area contributed by atoms with E-state index in [1.165, 1.54) is 4.88 Å². The van der Waals surface area contributed by atoms with Gasteiger partial charge in [-0.05, 0) is 46.6 Å². The standard InChI is InChI=1S/C13H12Br2OS/c1-8-5-11(15)13(17-8)12(16)7-9-3-2-4-10(14)6-9/h2-6,12,16H,7H2,1H3. The highest BCUT2D eigenvalue weighted by Gasteiger charge is 2.15. The molecule has 0 aliphatic rings. The molecule has 0 fully saturated rings. The van der Waals surface area contributed by atoms with Gasteiger partial charge in [0.25, 0.3) is 0 Å². The predicted octanol–water partition coefficient (Wildman–Crippen LogP) is 4.86. The monoisotopic (exact) mass is 374 g/mol. The molecule has 4 heteroatoms. The second-order valence-corrected chi connectivity index (χ2v) is 6.98. The Labute approximate surface area is 122 Å². The molecule has 0 aliphatic heterocycles. The van der Waals surface area contributed by atoms with Gasteiger partial charge in [0.1, 0.15) is 0 Å². The lowest BCUT2D eigenvalue weighted by Crippen LogP contribution is -2.00. The van der Waals surface area contributed by atoms with Gasteiger partial charge in [-0.3, -0.25) is 0 Å². The topological polar surface area (TPSA) is 20.2 Å². The van der Waals surface area contributed by atoms with Crippen LogP contribution in [0.1, 0.15) is 21.4 Å². The molecule has 17 heavy (non-hydrogen) atoms. The summed E-state index contributed by atoms with van der Waals surface area (Å²) in [6.07, 6.45) is 0.190. The van der Waals surface area contributed by atoms with Gasteiger partial charge >= 0.3 is 0 Å². The van der Waals surface area contributed by atoms with Crippen molar-refractivity contribution in [1.29, 1.82) is 0 Å². The van der Waals surface area contributed by atoms with Crippen LogP contribution >= 0.6 is 43.2 Å². The van der Waals surface area contributed by atoms with Gasteiger partial charge in [0.2, 0.25) is 0 Å². The molecule has 0 saturated carbocycles. The number of aliphatic hydroxyl groups excluding tert-OH is 1. The van der Waals surface area contributed by atoms with Gasteiger partial charge in [0.15, 0.2) is 0 Å². The highest BCUT2D eigenvalue weighted by molar-refractivity contribution is 9.10. The van der Waals surface area contributed by atoms with Gasteiger partial charge in [-0.2, -0.15) is 0 Å². The Kier molecular flexibility index (Phi) is 4.42. The molecule has 1 aromatic carbocycles. The van der Waals surface area contributed by atoms with E-state index in [9.17, 15) is 5.11 Å². The van der Waals surface area contributed by atoms with Gasteiger partial charge in [0.05, 0.1) is 6.10 Å². The molecule has 1 N–H and O–H groups in total. The van der Waals surface area contributed by atoms with E-state index in [1.54, 1.807) is 11.3 Å². The quantitative estimate of drug-likeness (QED) is 0.812. The van der Waals surface area contributed by atoms with E-state index in [4.69, 9.17) is 0 Å². The minimum atomic E-state index is -0.447. The summed E-state index contributed by atoms with van der Waals surface area (Å²) < 4.78 is 2.05.